The van der Waals surface area contributed by atoms with Gasteiger partial charge in [0, 0.05) is 19.3 Å². The molecule has 0 aromatic carbocycles. The van der Waals surface area contributed by atoms with Crippen molar-refractivity contribution in [2.24, 2.45) is 0 Å². The minimum absolute atomic E-state index is 0.0755. The van der Waals surface area contributed by atoms with Crippen molar-refractivity contribution in [1.29, 1.82) is 0 Å². The van der Waals surface area contributed by atoms with E-state index in [2.05, 4.69) is 69.4 Å². The Labute approximate surface area is 505 Å². The molecule has 6 heteroatoms. The van der Waals surface area contributed by atoms with E-state index in [1.165, 1.54) is 257 Å². The molecule has 0 rings (SSSR count). The highest BCUT2D eigenvalue weighted by Gasteiger charge is 2.19. The number of hydrogen-bond acceptors (Lipinski definition) is 6. The Balaban J connectivity index is 4.29. The van der Waals surface area contributed by atoms with E-state index in [1.807, 2.05) is 0 Å². The molecule has 0 radical (unpaired) electrons. The van der Waals surface area contributed by atoms with Gasteiger partial charge in [0.2, 0.25) is 0 Å². The third-order valence-electron chi connectivity index (χ3n) is 16.3. The third kappa shape index (κ3) is 68.0. The molecule has 6 nitrogen and oxygen atoms in total. The maximum atomic E-state index is 13.0. The van der Waals surface area contributed by atoms with Gasteiger partial charge >= 0.3 is 17.9 Å². The van der Waals surface area contributed by atoms with Crippen LogP contribution in [0, 0.1) is 0 Å². The van der Waals surface area contributed by atoms with Gasteiger partial charge in [0.05, 0.1) is 0 Å². The summed E-state index contributed by atoms with van der Waals surface area (Å²) in [6, 6.07) is 0. The van der Waals surface area contributed by atoms with Gasteiger partial charge in [-0.2, -0.15) is 0 Å². The number of hydrogen-bond donors (Lipinski definition) is 0. The maximum Gasteiger partial charge on any atom is 0.306 e. The lowest BCUT2D eigenvalue weighted by molar-refractivity contribution is -0.167. The van der Waals surface area contributed by atoms with E-state index in [-0.39, 0.29) is 31.1 Å². The minimum atomic E-state index is -0.782. The van der Waals surface area contributed by atoms with Crippen molar-refractivity contribution in [3.63, 3.8) is 0 Å². The standard InChI is InChI=1S/C75H138O6/c1-4-7-10-13-16-19-22-25-28-31-33-35-36-37-38-40-41-44-47-50-53-56-59-62-65-68-74(77)80-71-72(70-79-73(76)67-64-61-58-55-52-49-46-43-30-27-24-21-18-15-12-9-6-3)81-75(78)69-66-63-60-57-54-51-48-45-42-39-34-32-29-26-23-20-17-14-11-8-5-2/h9,12,18,21,27,30,46,49,72H,4-8,10-11,13-17,19-20,22-26,28-29,31-45,47-48,50-71H2,1-3H3/b12-9-,21-18-,30-27-,49-46-. The van der Waals surface area contributed by atoms with E-state index < -0.39 is 6.10 Å². The van der Waals surface area contributed by atoms with Gasteiger partial charge in [0.1, 0.15) is 13.2 Å². The first-order valence-electron chi connectivity index (χ1n) is 36.1. The molecule has 0 heterocycles. The summed E-state index contributed by atoms with van der Waals surface area (Å²) in [7, 11) is 0. The van der Waals surface area contributed by atoms with Crippen LogP contribution in [-0.2, 0) is 28.6 Å². The SMILES string of the molecule is CC/C=C\C/C=C\C/C=C\C/C=C\CCCCCCC(=O)OCC(COC(=O)CCCCCCCCCCCCCCCCCCCCCCCCCCC)OC(=O)CCCCCCCCCCCCCCCCCCCCCCC. The number of esters is 3. The fourth-order valence-corrected chi connectivity index (χ4v) is 11.0. The number of carbonyl (C=O) groups excluding carboxylic acids is 3. The van der Waals surface area contributed by atoms with E-state index in [1.54, 1.807) is 0 Å². The summed E-state index contributed by atoms with van der Waals surface area (Å²) < 4.78 is 17.0. The van der Waals surface area contributed by atoms with Crippen LogP contribution in [0.4, 0.5) is 0 Å². The lowest BCUT2D eigenvalue weighted by atomic mass is 10.0. The average Bonchev–Trinajstić information content (AvgIpc) is 3.47. The zero-order chi connectivity index (χ0) is 58.5. The molecule has 0 aliphatic carbocycles. The van der Waals surface area contributed by atoms with Gasteiger partial charge in [0.25, 0.3) is 0 Å². The molecule has 474 valence electrons. The molecule has 0 aromatic rings. The Bertz CT molecular complexity index is 1400. The number of rotatable bonds is 67. The fraction of sp³-hybridized carbons (Fsp3) is 0.853. The molecule has 0 saturated heterocycles. The molecular weight excluding hydrogens is 997 g/mol. The first-order valence-corrected chi connectivity index (χ1v) is 36.1. The lowest BCUT2D eigenvalue weighted by Gasteiger charge is -2.18. The lowest BCUT2D eigenvalue weighted by Crippen LogP contribution is -2.30. The molecule has 81 heavy (non-hydrogen) atoms. The van der Waals surface area contributed by atoms with Gasteiger partial charge < -0.3 is 14.2 Å². The van der Waals surface area contributed by atoms with Crippen LogP contribution in [0.5, 0.6) is 0 Å². The van der Waals surface area contributed by atoms with Gasteiger partial charge in [-0.05, 0) is 57.8 Å². The van der Waals surface area contributed by atoms with Crippen LogP contribution in [0.1, 0.15) is 393 Å². The summed E-state index contributed by atoms with van der Waals surface area (Å²) in [5.74, 6) is -0.870. The molecule has 0 fully saturated rings. The Hall–Kier alpha value is -2.63. The zero-order valence-corrected chi connectivity index (χ0v) is 54.6. The monoisotopic (exact) mass is 1140 g/mol. The predicted octanol–water partition coefficient (Wildman–Crippen LogP) is 24.9. The zero-order valence-electron chi connectivity index (χ0n) is 54.6. The summed E-state index contributed by atoms with van der Waals surface area (Å²) in [5, 5.41) is 0. The highest BCUT2D eigenvalue weighted by Crippen LogP contribution is 2.19. The molecule has 0 saturated carbocycles. The molecule has 1 unspecified atom stereocenters. The van der Waals surface area contributed by atoms with E-state index in [9.17, 15) is 14.4 Å². The van der Waals surface area contributed by atoms with Crippen LogP contribution < -0.4 is 0 Å². The second-order valence-electron chi connectivity index (χ2n) is 24.5. The summed E-state index contributed by atoms with van der Waals surface area (Å²) in [4.78, 5) is 38.5. The second kappa shape index (κ2) is 69.9. The summed E-state index contributed by atoms with van der Waals surface area (Å²) in [6.45, 7) is 6.59. The van der Waals surface area contributed by atoms with E-state index in [4.69, 9.17) is 14.2 Å². The fourth-order valence-electron chi connectivity index (χ4n) is 11.0. The van der Waals surface area contributed by atoms with Crippen LogP contribution in [0.3, 0.4) is 0 Å². The normalized spacial score (nSPS) is 12.3. The molecule has 0 spiro atoms. The van der Waals surface area contributed by atoms with Crippen molar-refractivity contribution in [1.82, 2.24) is 0 Å². The van der Waals surface area contributed by atoms with Crippen molar-refractivity contribution < 1.29 is 28.6 Å². The summed E-state index contributed by atoms with van der Waals surface area (Å²) in [5.41, 5.74) is 0. The van der Waals surface area contributed by atoms with E-state index >= 15 is 0 Å². The largest absolute Gasteiger partial charge is 0.462 e. The first kappa shape index (κ1) is 78.4. The van der Waals surface area contributed by atoms with Crippen molar-refractivity contribution in [3.8, 4) is 0 Å². The van der Waals surface area contributed by atoms with Gasteiger partial charge in [0.15, 0.2) is 6.10 Å². The van der Waals surface area contributed by atoms with Crippen LogP contribution in [0.2, 0.25) is 0 Å². The minimum Gasteiger partial charge on any atom is -0.462 e. The molecule has 1 atom stereocenters. The molecule has 0 N–H and O–H groups in total. The summed E-state index contributed by atoms with van der Waals surface area (Å²) >= 11 is 0. The average molecular weight is 1140 g/mol. The number of ether oxygens (including phenoxy) is 3. The van der Waals surface area contributed by atoms with Gasteiger partial charge in [-0.1, -0.05) is 365 Å². The molecule has 0 aliphatic heterocycles. The summed E-state index contributed by atoms with van der Waals surface area (Å²) in [6.07, 6.45) is 88.6. The molecule has 0 amide bonds. The molecule has 0 bridgehead atoms. The predicted molar refractivity (Wildman–Crippen MR) is 353 cm³/mol. The van der Waals surface area contributed by atoms with Crippen LogP contribution >= 0.6 is 0 Å². The van der Waals surface area contributed by atoms with Crippen molar-refractivity contribution in [2.45, 2.75) is 399 Å². The Morgan fingerprint density at radius 3 is 0.753 bits per heavy atom. The number of allylic oxidation sites excluding steroid dienone is 8. The Morgan fingerprint density at radius 2 is 0.481 bits per heavy atom. The van der Waals surface area contributed by atoms with Crippen LogP contribution in [0.15, 0.2) is 48.6 Å². The maximum absolute atomic E-state index is 13.0. The molecule has 0 aromatic heterocycles. The number of unbranched alkanes of at least 4 members (excludes halogenated alkanes) is 48. The highest BCUT2D eigenvalue weighted by atomic mass is 16.6. The Morgan fingerprint density at radius 1 is 0.259 bits per heavy atom. The van der Waals surface area contributed by atoms with Gasteiger partial charge in [-0.15, -0.1) is 0 Å². The molecule has 0 aliphatic rings. The van der Waals surface area contributed by atoms with Crippen LogP contribution in [-0.4, -0.2) is 37.2 Å². The first-order chi connectivity index (χ1) is 40.0. The third-order valence-corrected chi connectivity index (χ3v) is 16.3. The van der Waals surface area contributed by atoms with Crippen LogP contribution in [0.25, 0.3) is 0 Å². The van der Waals surface area contributed by atoms with Crippen molar-refractivity contribution in [2.75, 3.05) is 13.2 Å². The topological polar surface area (TPSA) is 78.9 Å². The van der Waals surface area contributed by atoms with Crippen molar-refractivity contribution >= 4 is 17.9 Å². The Kier molecular flexibility index (Phi) is 67.6. The second-order valence-corrected chi connectivity index (χ2v) is 24.5. The van der Waals surface area contributed by atoms with Gasteiger partial charge in [-0.25, -0.2) is 0 Å². The smallest absolute Gasteiger partial charge is 0.306 e. The van der Waals surface area contributed by atoms with Crippen molar-refractivity contribution in [3.05, 3.63) is 48.6 Å². The quantitative estimate of drug-likeness (QED) is 0.0261. The number of carbonyl (C=O) groups is 3. The van der Waals surface area contributed by atoms with Gasteiger partial charge in [-0.3, -0.25) is 14.4 Å². The van der Waals surface area contributed by atoms with E-state index in [0.29, 0.717) is 19.3 Å². The van der Waals surface area contributed by atoms with E-state index in [0.717, 1.165) is 96.3 Å². The molecular formula is C75H138O6. The highest BCUT2D eigenvalue weighted by molar-refractivity contribution is 5.71.